The number of carbonyl (C=O) groups excluding carboxylic acids is 1. The largest absolute Gasteiger partial charge is 0.384 e. The van der Waals surface area contributed by atoms with Gasteiger partial charge in [-0.25, -0.2) is 4.98 Å². The van der Waals surface area contributed by atoms with Gasteiger partial charge in [0, 0.05) is 37.3 Å². The third kappa shape index (κ3) is 4.36. The second-order valence-corrected chi connectivity index (χ2v) is 7.74. The highest BCUT2D eigenvalue weighted by Gasteiger charge is 2.18. The Hall–Kier alpha value is -3.64. The molecule has 1 amide bonds. The average molecular weight is 448 g/mol. The Balaban J connectivity index is 0.00000289. The van der Waals surface area contributed by atoms with Crippen LogP contribution in [0.1, 0.15) is 32.9 Å². The normalized spacial score (nSPS) is 10.6. The molecule has 6 nitrogen and oxygen atoms in total. The van der Waals surface area contributed by atoms with Crippen molar-refractivity contribution in [3.05, 3.63) is 94.8 Å². The molecule has 0 atom stereocenters. The number of aryl methyl sites for hydroxylation is 2. The summed E-state index contributed by atoms with van der Waals surface area (Å²) in [6.07, 6.45) is 0.649. The zero-order valence-corrected chi connectivity index (χ0v) is 19.1. The SMILES string of the molecule is Cc1cc(C(=O)N(C)c2ccccc2)cc2nc(Cc3ccc(C(=N)N)cc3)n(C)c12.Cl. The lowest BCUT2D eigenvalue weighted by Crippen LogP contribution is -2.26. The van der Waals surface area contributed by atoms with Gasteiger partial charge in [-0.3, -0.25) is 10.2 Å². The lowest BCUT2D eigenvalue weighted by atomic mass is 10.1. The van der Waals surface area contributed by atoms with Gasteiger partial charge in [-0.2, -0.15) is 0 Å². The Morgan fingerprint density at radius 3 is 2.34 bits per heavy atom. The molecule has 0 unspecified atom stereocenters. The van der Waals surface area contributed by atoms with Crippen molar-refractivity contribution in [1.29, 1.82) is 5.41 Å². The molecule has 3 aromatic carbocycles. The van der Waals surface area contributed by atoms with E-state index in [9.17, 15) is 4.79 Å². The zero-order chi connectivity index (χ0) is 22.1. The maximum atomic E-state index is 13.1. The minimum atomic E-state index is -0.0665. The highest BCUT2D eigenvalue weighted by atomic mass is 35.5. The van der Waals surface area contributed by atoms with Gasteiger partial charge >= 0.3 is 0 Å². The quantitative estimate of drug-likeness (QED) is 0.350. The van der Waals surface area contributed by atoms with E-state index in [1.165, 1.54) is 0 Å². The molecule has 4 rings (SSSR count). The standard InChI is InChI=1S/C25H25N5O.ClH/c1-16-13-19(25(31)29(2)20-7-5-4-6-8-20)15-21-23(16)30(3)22(28-21)14-17-9-11-18(12-10-17)24(26)27;/h4-13,15H,14H2,1-3H3,(H3,26,27);1H. The van der Waals surface area contributed by atoms with Gasteiger partial charge < -0.3 is 15.2 Å². The number of amides is 1. The molecule has 0 aliphatic heterocycles. The first-order valence-corrected chi connectivity index (χ1v) is 10.1. The topological polar surface area (TPSA) is 88.0 Å². The molecule has 1 aromatic heterocycles. The van der Waals surface area contributed by atoms with Crippen LogP contribution < -0.4 is 10.6 Å². The molecule has 0 saturated carbocycles. The van der Waals surface area contributed by atoms with Gasteiger partial charge in [-0.1, -0.05) is 42.5 Å². The third-order valence-corrected chi connectivity index (χ3v) is 5.57. The van der Waals surface area contributed by atoms with E-state index in [1.54, 1.807) is 11.9 Å². The highest BCUT2D eigenvalue weighted by Crippen LogP contribution is 2.24. The summed E-state index contributed by atoms with van der Waals surface area (Å²) in [7, 11) is 3.78. The predicted molar refractivity (Wildman–Crippen MR) is 132 cm³/mol. The minimum Gasteiger partial charge on any atom is -0.384 e. The number of hydrogen-bond acceptors (Lipinski definition) is 3. The number of aromatic nitrogens is 2. The van der Waals surface area contributed by atoms with Crippen LogP contribution in [0.15, 0.2) is 66.7 Å². The van der Waals surface area contributed by atoms with E-state index in [0.717, 1.165) is 33.7 Å². The first-order chi connectivity index (χ1) is 14.8. The first kappa shape index (κ1) is 23.0. The molecule has 164 valence electrons. The van der Waals surface area contributed by atoms with Crippen molar-refractivity contribution in [3.63, 3.8) is 0 Å². The van der Waals surface area contributed by atoms with Crippen molar-refractivity contribution in [1.82, 2.24) is 9.55 Å². The number of fused-ring (bicyclic) bond motifs is 1. The Labute approximate surface area is 193 Å². The summed E-state index contributed by atoms with van der Waals surface area (Å²) >= 11 is 0. The maximum Gasteiger partial charge on any atom is 0.258 e. The van der Waals surface area contributed by atoms with Crippen molar-refractivity contribution < 1.29 is 4.79 Å². The van der Waals surface area contributed by atoms with Crippen molar-refractivity contribution in [2.24, 2.45) is 12.8 Å². The lowest BCUT2D eigenvalue weighted by Gasteiger charge is -2.17. The van der Waals surface area contributed by atoms with E-state index in [0.29, 0.717) is 17.5 Å². The van der Waals surface area contributed by atoms with Gasteiger partial charge in [-0.05, 0) is 42.3 Å². The third-order valence-electron chi connectivity index (χ3n) is 5.57. The molecule has 7 heteroatoms. The number of benzene rings is 3. The van der Waals surface area contributed by atoms with Gasteiger partial charge in [0.25, 0.3) is 5.91 Å². The molecule has 0 aliphatic rings. The summed E-state index contributed by atoms with van der Waals surface area (Å²) in [5, 5.41) is 7.53. The van der Waals surface area contributed by atoms with Crippen LogP contribution in [0.4, 0.5) is 5.69 Å². The number of hydrogen-bond donors (Lipinski definition) is 2. The van der Waals surface area contributed by atoms with Crippen LogP contribution in [-0.4, -0.2) is 28.3 Å². The molecular weight excluding hydrogens is 422 g/mol. The molecule has 0 saturated heterocycles. The number of halogens is 1. The van der Waals surface area contributed by atoms with E-state index >= 15 is 0 Å². The Kier molecular flexibility index (Phi) is 6.65. The van der Waals surface area contributed by atoms with Crippen LogP contribution in [0.5, 0.6) is 0 Å². The van der Waals surface area contributed by atoms with E-state index in [2.05, 4.69) is 4.57 Å². The Morgan fingerprint density at radius 1 is 1.06 bits per heavy atom. The van der Waals surface area contributed by atoms with Crippen LogP contribution in [0, 0.1) is 12.3 Å². The number of anilines is 1. The number of nitrogens with two attached hydrogens (primary N) is 1. The van der Waals surface area contributed by atoms with Crippen LogP contribution in [-0.2, 0) is 13.5 Å². The number of imidazole rings is 1. The van der Waals surface area contributed by atoms with Crippen molar-refractivity contribution >= 4 is 40.9 Å². The summed E-state index contributed by atoms with van der Waals surface area (Å²) in [5.41, 5.74) is 11.6. The fourth-order valence-electron chi connectivity index (χ4n) is 3.85. The maximum absolute atomic E-state index is 13.1. The fourth-order valence-corrected chi connectivity index (χ4v) is 3.85. The molecular formula is C25H26ClN5O. The van der Waals surface area contributed by atoms with Crippen molar-refractivity contribution in [3.8, 4) is 0 Å². The van der Waals surface area contributed by atoms with Gasteiger partial charge in [0.2, 0.25) is 0 Å². The summed E-state index contributed by atoms with van der Waals surface area (Å²) in [5.74, 6) is 0.903. The van der Waals surface area contributed by atoms with E-state index in [1.807, 2.05) is 80.7 Å². The number of carbonyl (C=O) groups is 1. The summed E-state index contributed by atoms with van der Waals surface area (Å²) in [6, 6.07) is 21.0. The number of rotatable bonds is 5. The summed E-state index contributed by atoms with van der Waals surface area (Å²) in [4.78, 5) is 19.6. The lowest BCUT2D eigenvalue weighted by molar-refractivity contribution is 0.0993. The van der Waals surface area contributed by atoms with Gasteiger partial charge in [0.15, 0.2) is 0 Å². The Morgan fingerprint density at radius 2 is 1.72 bits per heavy atom. The molecule has 0 fully saturated rings. The van der Waals surface area contributed by atoms with Gasteiger partial charge in [0.05, 0.1) is 11.0 Å². The molecule has 3 N–H and O–H groups in total. The van der Waals surface area contributed by atoms with Crippen LogP contribution >= 0.6 is 12.4 Å². The number of nitrogens with zero attached hydrogens (tertiary/aromatic N) is 3. The van der Waals surface area contributed by atoms with E-state index in [4.69, 9.17) is 16.1 Å². The van der Waals surface area contributed by atoms with E-state index < -0.39 is 0 Å². The molecule has 0 spiro atoms. The van der Waals surface area contributed by atoms with Crippen molar-refractivity contribution in [2.45, 2.75) is 13.3 Å². The monoisotopic (exact) mass is 447 g/mol. The molecule has 0 aliphatic carbocycles. The molecule has 0 radical (unpaired) electrons. The minimum absolute atomic E-state index is 0. The number of amidine groups is 1. The number of nitrogen functional groups attached to an aromatic ring is 1. The van der Waals surface area contributed by atoms with E-state index in [-0.39, 0.29) is 24.1 Å². The fraction of sp³-hybridized carbons (Fsp3) is 0.160. The average Bonchev–Trinajstić information content (AvgIpc) is 3.09. The number of nitrogens with one attached hydrogen (secondary N) is 1. The molecule has 0 bridgehead atoms. The van der Waals surface area contributed by atoms with Crippen molar-refractivity contribution in [2.75, 3.05) is 11.9 Å². The predicted octanol–water partition coefficient (Wildman–Crippen LogP) is 4.45. The highest BCUT2D eigenvalue weighted by molar-refractivity contribution is 6.07. The van der Waals surface area contributed by atoms with Crippen LogP contribution in [0.25, 0.3) is 11.0 Å². The van der Waals surface area contributed by atoms with Crippen LogP contribution in [0.2, 0.25) is 0 Å². The summed E-state index contributed by atoms with van der Waals surface area (Å²) in [6.45, 7) is 2.01. The Bertz CT molecular complexity index is 1280. The second-order valence-electron chi connectivity index (χ2n) is 7.74. The molecule has 4 aromatic rings. The van der Waals surface area contributed by atoms with Gasteiger partial charge in [-0.15, -0.1) is 12.4 Å². The molecule has 1 heterocycles. The first-order valence-electron chi connectivity index (χ1n) is 10.1. The zero-order valence-electron chi connectivity index (χ0n) is 18.3. The molecule has 32 heavy (non-hydrogen) atoms. The second kappa shape index (κ2) is 9.24. The smallest absolute Gasteiger partial charge is 0.258 e. The van der Waals surface area contributed by atoms with Crippen LogP contribution in [0.3, 0.4) is 0 Å². The number of para-hydroxylation sites is 1. The van der Waals surface area contributed by atoms with Gasteiger partial charge in [0.1, 0.15) is 11.7 Å². The summed E-state index contributed by atoms with van der Waals surface area (Å²) < 4.78 is 2.08.